The zero-order chi connectivity index (χ0) is 20.8. The Labute approximate surface area is 159 Å². The molecule has 4 aromatic rings. The van der Waals surface area contributed by atoms with E-state index in [2.05, 4.69) is 9.72 Å². The van der Waals surface area contributed by atoms with E-state index in [0.717, 1.165) is 18.2 Å². The minimum atomic E-state index is -4.80. The molecule has 0 aliphatic heterocycles. The molecule has 0 fully saturated rings. The maximum absolute atomic E-state index is 14.0. The van der Waals surface area contributed by atoms with Gasteiger partial charge in [-0.25, -0.2) is 8.78 Å². The monoisotopic (exact) mass is 407 g/mol. The van der Waals surface area contributed by atoms with Gasteiger partial charge < -0.3 is 14.5 Å². The Hall–Kier alpha value is -3.62. The van der Waals surface area contributed by atoms with Gasteiger partial charge in [0, 0.05) is 17.5 Å². The van der Waals surface area contributed by atoms with Gasteiger partial charge in [-0.05, 0) is 42.5 Å². The number of fused-ring (bicyclic) bond motifs is 2. The van der Waals surface area contributed by atoms with Crippen LogP contribution in [0.5, 0.6) is 17.2 Å². The van der Waals surface area contributed by atoms with Gasteiger partial charge in [0.2, 0.25) is 0 Å². The number of halogens is 5. The summed E-state index contributed by atoms with van der Waals surface area (Å²) >= 11 is 0. The summed E-state index contributed by atoms with van der Waals surface area (Å²) in [5, 5.41) is -0.0860. The van der Waals surface area contributed by atoms with E-state index in [1.165, 1.54) is 30.3 Å². The number of rotatable bonds is 3. The van der Waals surface area contributed by atoms with Crippen LogP contribution in [0.25, 0.3) is 21.8 Å². The molecule has 0 aliphatic rings. The molecule has 0 bridgehead atoms. The molecule has 0 saturated carbocycles. The van der Waals surface area contributed by atoms with E-state index in [-0.39, 0.29) is 33.3 Å². The maximum atomic E-state index is 14.0. The van der Waals surface area contributed by atoms with Gasteiger partial charge in [-0.1, -0.05) is 0 Å². The summed E-state index contributed by atoms with van der Waals surface area (Å²) in [6.45, 7) is 0. The van der Waals surface area contributed by atoms with Crippen LogP contribution in [0, 0.1) is 11.6 Å². The number of H-pyrrole nitrogens is 1. The van der Waals surface area contributed by atoms with E-state index < -0.39 is 29.2 Å². The minimum absolute atomic E-state index is 0.00852. The van der Waals surface area contributed by atoms with Crippen LogP contribution < -0.4 is 14.9 Å². The lowest BCUT2D eigenvalue weighted by molar-refractivity contribution is -0.274. The lowest BCUT2D eigenvalue weighted by atomic mass is 10.1. The van der Waals surface area contributed by atoms with Gasteiger partial charge in [-0.2, -0.15) is 0 Å². The number of ether oxygens (including phenoxy) is 2. The molecule has 0 saturated heterocycles. The lowest BCUT2D eigenvalue weighted by Crippen LogP contribution is -2.16. The summed E-state index contributed by atoms with van der Waals surface area (Å²) < 4.78 is 73.4. The molecule has 0 radical (unpaired) electrons. The second kappa shape index (κ2) is 6.77. The number of hydrogen-bond acceptors (Lipinski definition) is 3. The van der Waals surface area contributed by atoms with E-state index in [4.69, 9.17) is 4.74 Å². The molecule has 0 aliphatic carbocycles. The normalized spacial score (nSPS) is 11.8. The van der Waals surface area contributed by atoms with Crippen molar-refractivity contribution in [3.05, 3.63) is 76.5 Å². The van der Waals surface area contributed by atoms with Crippen LogP contribution >= 0.6 is 0 Å². The van der Waals surface area contributed by atoms with Crippen LogP contribution in [0.2, 0.25) is 0 Å². The predicted molar refractivity (Wildman–Crippen MR) is 95.2 cm³/mol. The first-order valence-electron chi connectivity index (χ1n) is 8.18. The molecule has 4 nitrogen and oxygen atoms in total. The van der Waals surface area contributed by atoms with E-state index >= 15 is 0 Å². The molecule has 29 heavy (non-hydrogen) atoms. The highest BCUT2D eigenvalue weighted by Gasteiger charge is 2.31. The highest BCUT2D eigenvalue weighted by Crippen LogP contribution is 2.29. The fourth-order valence-corrected chi connectivity index (χ4v) is 2.92. The van der Waals surface area contributed by atoms with Crippen molar-refractivity contribution in [2.24, 2.45) is 0 Å². The first-order chi connectivity index (χ1) is 13.7. The van der Waals surface area contributed by atoms with Crippen LogP contribution in [-0.2, 0) is 0 Å². The molecule has 3 aromatic carbocycles. The van der Waals surface area contributed by atoms with E-state index in [9.17, 15) is 26.7 Å². The standard InChI is InChI=1S/C20H10F5NO3/c21-10-7-15(22)18-17(8-10)26-16-9-13(5-6-14(16)19(18)27)28-11-1-3-12(4-2-11)29-20(23,24)25/h1-9H,(H,26,27). The number of nitrogens with one attached hydrogen (secondary N) is 1. The molecule has 4 rings (SSSR count). The van der Waals surface area contributed by atoms with E-state index in [1.807, 2.05) is 0 Å². The Kier molecular flexibility index (Phi) is 4.37. The second-order valence-corrected chi connectivity index (χ2v) is 6.09. The minimum Gasteiger partial charge on any atom is -0.457 e. The van der Waals surface area contributed by atoms with E-state index in [0.29, 0.717) is 6.07 Å². The van der Waals surface area contributed by atoms with Crippen LogP contribution in [0.1, 0.15) is 0 Å². The second-order valence-electron chi connectivity index (χ2n) is 6.09. The van der Waals surface area contributed by atoms with Gasteiger partial charge in [-0.3, -0.25) is 4.79 Å². The average molecular weight is 407 g/mol. The number of alkyl halides is 3. The van der Waals surface area contributed by atoms with Crippen molar-refractivity contribution < 1.29 is 31.4 Å². The predicted octanol–water partition coefficient (Wildman–Crippen LogP) is 5.65. The summed E-state index contributed by atoms with van der Waals surface area (Å²) in [4.78, 5) is 15.3. The highest BCUT2D eigenvalue weighted by molar-refractivity contribution is 5.93. The van der Waals surface area contributed by atoms with Crippen molar-refractivity contribution in [1.29, 1.82) is 0 Å². The molecule has 0 spiro atoms. The van der Waals surface area contributed by atoms with Crippen LogP contribution in [0.15, 0.2) is 59.4 Å². The molecule has 0 atom stereocenters. The lowest BCUT2D eigenvalue weighted by Gasteiger charge is -2.10. The zero-order valence-electron chi connectivity index (χ0n) is 14.3. The Morgan fingerprint density at radius 2 is 1.45 bits per heavy atom. The Bertz CT molecular complexity index is 1280. The van der Waals surface area contributed by atoms with Gasteiger partial charge >= 0.3 is 6.36 Å². The number of aromatic nitrogens is 1. The fraction of sp³-hybridized carbons (Fsp3) is 0.0500. The molecule has 1 heterocycles. The maximum Gasteiger partial charge on any atom is 0.573 e. The van der Waals surface area contributed by atoms with Gasteiger partial charge in [0.05, 0.1) is 16.4 Å². The Balaban J connectivity index is 1.69. The van der Waals surface area contributed by atoms with Crippen molar-refractivity contribution in [3.63, 3.8) is 0 Å². The van der Waals surface area contributed by atoms with Crippen molar-refractivity contribution in [2.45, 2.75) is 6.36 Å². The smallest absolute Gasteiger partial charge is 0.457 e. The number of pyridine rings is 1. The van der Waals surface area contributed by atoms with Crippen molar-refractivity contribution in [3.8, 4) is 17.2 Å². The van der Waals surface area contributed by atoms with Gasteiger partial charge in [-0.15, -0.1) is 13.2 Å². The quantitative estimate of drug-likeness (QED) is 0.353. The molecule has 0 amide bonds. The Morgan fingerprint density at radius 3 is 2.14 bits per heavy atom. The van der Waals surface area contributed by atoms with Crippen LogP contribution in [0.3, 0.4) is 0 Å². The number of benzene rings is 3. The molecule has 148 valence electrons. The van der Waals surface area contributed by atoms with Crippen molar-refractivity contribution >= 4 is 21.8 Å². The molecular weight excluding hydrogens is 397 g/mol. The summed E-state index contributed by atoms with van der Waals surface area (Å²) in [6, 6.07) is 10.7. The van der Waals surface area contributed by atoms with E-state index in [1.54, 1.807) is 0 Å². The molecule has 1 N–H and O–H groups in total. The zero-order valence-corrected chi connectivity index (χ0v) is 14.3. The molecule has 1 aromatic heterocycles. The van der Waals surface area contributed by atoms with Crippen molar-refractivity contribution in [2.75, 3.05) is 0 Å². The third-order valence-corrected chi connectivity index (χ3v) is 4.08. The first kappa shape index (κ1) is 18.7. The van der Waals surface area contributed by atoms with Crippen molar-refractivity contribution in [1.82, 2.24) is 4.98 Å². The Morgan fingerprint density at radius 1 is 0.793 bits per heavy atom. The topological polar surface area (TPSA) is 51.3 Å². The largest absolute Gasteiger partial charge is 0.573 e. The number of aromatic amines is 1. The summed E-state index contributed by atoms with van der Waals surface area (Å²) in [5.74, 6) is -1.72. The highest BCUT2D eigenvalue weighted by atomic mass is 19.4. The summed E-state index contributed by atoms with van der Waals surface area (Å²) in [5.41, 5.74) is -0.334. The first-order valence-corrected chi connectivity index (χ1v) is 8.18. The average Bonchev–Trinajstić information content (AvgIpc) is 2.61. The van der Waals surface area contributed by atoms with Gasteiger partial charge in [0.15, 0.2) is 5.43 Å². The molecular formula is C20H10F5NO3. The fourth-order valence-electron chi connectivity index (χ4n) is 2.92. The summed E-state index contributed by atoms with van der Waals surface area (Å²) in [7, 11) is 0. The van der Waals surface area contributed by atoms with Crippen LogP contribution in [-0.4, -0.2) is 11.3 Å². The van der Waals surface area contributed by atoms with Gasteiger partial charge in [0.1, 0.15) is 28.9 Å². The molecule has 0 unspecified atom stereocenters. The third kappa shape index (κ3) is 3.84. The SMILES string of the molecule is O=c1c2ccc(Oc3ccc(OC(F)(F)F)cc3)cc2[nH]c2cc(F)cc(F)c12. The third-order valence-electron chi connectivity index (χ3n) is 4.08. The van der Waals surface area contributed by atoms with Crippen LogP contribution in [0.4, 0.5) is 22.0 Å². The number of hydrogen-bond donors (Lipinski definition) is 1. The van der Waals surface area contributed by atoms with Gasteiger partial charge in [0.25, 0.3) is 0 Å². The molecule has 9 heteroatoms. The summed E-state index contributed by atoms with van der Waals surface area (Å²) in [6.07, 6.45) is -4.80.